The lowest BCUT2D eigenvalue weighted by atomic mass is 10.0. The molecule has 0 aliphatic heterocycles. The fourth-order valence-corrected chi connectivity index (χ4v) is 4.08. The first kappa shape index (κ1) is 15.4. The van der Waals surface area contributed by atoms with Crippen LogP contribution in [0.4, 0.5) is 0 Å². The highest BCUT2D eigenvalue weighted by Crippen LogP contribution is 2.23. The van der Waals surface area contributed by atoms with Crippen LogP contribution in [0.2, 0.25) is 0 Å². The molecule has 18 heavy (non-hydrogen) atoms. The van der Waals surface area contributed by atoms with Crippen molar-refractivity contribution in [1.29, 1.82) is 0 Å². The molecular formula is C12H23NO4S. The molecule has 0 radical (unpaired) electrons. The van der Waals surface area contributed by atoms with Crippen LogP contribution in [0.3, 0.4) is 0 Å². The van der Waals surface area contributed by atoms with Crippen molar-refractivity contribution in [3.8, 4) is 0 Å². The number of nitrogens with one attached hydrogen (secondary N) is 1. The van der Waals surface area contributed by atoms with Crippen molar-refractivity contribution < 1.29 is 18.3 Å². The van der Waals surface area contributed by atoms with Crippen LogP contribution < -0.4 is 4.72 Å². The maximum atomic E-state index is 12.1. The minimum absolute atomic E-state index is 0.139. The second kappa shape index (κ2) is 6.52. The Labute approximate surface area is 109 Å². The highest BCUT2D eigenvalue weighted by Gasteiger charge is 2.31. The third-order valence-corrected chi connectivity index (χ3v) is 5.26. The fourth-order valence-electron chi connectivity index (χ4n) is 2.34. The summed E-state index contributed by atoms with van der Waals surface area (Å²) in [6.07, 6.45) is 4.50. The minimum atomic E-state index is -3.50. The SMILES string of the molecule is CC(C)CC(NS(=O)(=O)C1CCCCC1)C(=O)O. The molecular weight excluding hydrogens is 254 g/mol. The first-order valence-corrected chi connectivity index (χ1v) is 8.11. The zero-order chi connectivity index (χ0) is 13.8. The van der Waals surface area contributed by atoms with Gasteiger partial charge in [0.1, 0.15) is 6.04 Å². The number of aliphatic carboxylic acids is 1. The molecule has 106 valence electrons. The molecule has 1 aliphatic rings. The van der Waals surface area contributed by atoms with E-state index in [0.29, 0.717) is 19.3 Å². The number of carboxylic acid groups (broad SMARTS) is 1. The average Bonchev–Trinajstić information content (AvgIpc) is 2.28. The second-order valence-corrected chi connectivity index (χ2v) is 7.44. The number of hydrogen-bond acceptors (Lipinski definition) is 3. The van der Waals surface area contributed by atoms with E-state index in [4.69, 9.17) is 5.11 Å². The van der Waals surface area contributed by atoms with Crippen molar-refractivity contribution in [1.82, 2.24) is 4.72 Å². The summed E-state index contributed by atoms with van der Waals surface area (Å²) in [5, 5.41) is 8.64. The molecule has 1 unspecified atom stereocenters. The second-order valence-electron chi connectivity index (χ2n) is 5.44. The van der Waals surface area contributed by atoms with E-state index >= 15 is 0 Å². The third-order valence-electron chi connectivity index (χ3n) is 3.30. The molecule has 2 N–H and O–H groups in total. The van der Waals surface area contributed by atoms with E-state index in [9.17, 15) is 13.2 Å². The number of carboxylic acids is 1. The minimum Gasteiger partial charge on any atom is -0.480 e. The highest BCUT2D eigenvalue weighted by molar-refractivity contribution is 7.90. The van der Waals surface area contributed by atoms with Crippen molar-refractivity contribution in [2.24, 2.45) is 5.92 Å². The normalized spacial score (nSPS) is 19.9. The molecule has 0 saturated heterocycles. The summed E-state index contributed by atoms with van der Waals surface area (Å²) in [5.41, 5.74) is 0. The summed E-state index contributed by atoms with van der Waals surface area (Å²) in [6, 6.07) is -1.00. The molecule has 0 heterocycles. The van der Waals surface area contributed by atoms with Crippen LogP contribution in [0.25, 0.3) is 0 Å². The van der Waals surface area contributed by atoms with E-state index in [1.807, 2.05) is 13.8 Å². The molecule has 1 aliphatic carbocycles. The first-order valence-electron chi connectivity index (χ1n) is 6.57. The van der Waals surface area contributed by atoms with Crippen molar-refractivity contribution in [3.05, 3.63) is 0 Å². The summed E-state index contributed by atoms with van der Waals surface area (Å²) in [7, 11) is -3.50. The van der Waals surface area contributed by atoms with Crippen LogP contribution >= 0.6 is 0 Å². The summed E-state index contributed by atoms with van der Waals surface area (Å²) in [6.45, 7) is 3.76. The zero-order valence-corrected chi connectivity index (χ0v) is 11.9. The Hall–Kier alpha value is -0.620. The lowest BCUT2D eigenvalue weighted by Gasteiger charge is -2.24. The van der Waals surface area contributed by atoms with Gasteiger partial charge < -0.3 is 5.11 Å². The van der Waals surface area contributed by atoms with E-state index in [1.54, 1.807) is 0 Å². The van der Waals surface area contributed by atoms with E-state index in [2.05, 4.69) is 4.72 Å². The number of rotatable bonds is 6. The van der Waals surface area contributed by atoms with Crippen LogP contribution in [0.1, 0.15) is 52.4 Å². The smallest absolute Gasteiger partial charge is 0.321 e. The van der Waals surface area contributed by atoms with Crippen LogP contribution in [-0.4, -0.2) is 30.8 Å². The van der Waals surface area contributed by atoms with E-state index in [-0.39, 0.29) is 5.92 Å². The predicted octanol–water partition coefficient (Wildman–Crippen LogP) is 1.74. The summed E-state index contributed by atoms with van der Waals surface area (Å²) < 4.78 is 26.6. The molecule has 1 saturated carbocycles. The molecule has 1 fully saturated rings. The van der Waals surface area contributed by atoms with Gasteiger partial charge in [0.25, 0.3) is 0 Å². The summed E-state index contributed by atoms with van der Waals surface area (Å²) >= 11 is 0. The van der Waals surface area contributed by atoms with Crippen LogP contribution in [0, 0.1) is 5.92 Å². The van der Waals surface area contributed by atoms with Gasteiger partial charge in [-0.25, -0.2) is 13.1 Å². The van der Waals surface area contributed by atoms with Crippen molar-refractivity contribution in [2.45, 2.75) is 63.7 Å². The van der Waals surface area contributed by atoms with E-state index in [0.717, 1.165) is 19.3 Å². The molecule has 0 amide bonds. The van der Waals surface area contributed by atoms with Gasteiger partial charge in [-0.3, -0.25) is 4.79 Å². The van der Waals surface area contributed by atoms with Gasteiger partial charge in [-0.1, -0.05) is 33.1 Å². The molecule has 0 aromatic rings. The van der Waals surface area contributed by atoms with Crippen LogP contribution in [-0.2, 0) is 14.8 Å². The molecule has 1 atom stereocenters. The van der Waals surface area contributed by atoms with E-state index in [1.165, 1.54) is 0 Å². The Morgan fingerprint density at radius 2 is 1.83 bits per heavy atom. The summed E-state index contributed by atoms with van der Waals surface area (Å²) in [4.78, 5) is 11.1. The van der Waals surface area contributed by atoms with Gasteiger partial charge in [0, 0.05) is 0 Å². The maximum Gasteiger partial charge on any atom is 0.321 e. The van der Waals surface area contributed by atoms with Gasteiger partial charge in [0.15, 0.2) is 0 Å². The molecule has 0 spiro atoms. The lowest BCUT2D eigenvalue weighted by molar-refractivity contribution is -0.139. The third kappa shape index (κ3) is 4.57. The Morgan fingerprint density at radius 3 is 2.28 bits per heavy atom. The van der Waals surface area contributed by atoms with Gasteiger partial charge in [-0.2, -0.15) is 0 Å². The fraction of sp³-hybridized carbons (Fsp3) is 0.917. The highest BCUT2D eigenvalue weighted by atomic mass is 32.2. The standard InChI is InChI=1S/C12H23NO4S/c1-9(2)8-11(12(14)15)13-18(16,17)10-6-4-3-5-7-10/h9-11,13H,3-8H2,1-2H3,(H,14,15). The number of hydrogen-bond donors (Lipinski definition) is 2. The topological polar surface area (TPSA) is 83.5 Å². The van der Waals surface area contributed by atoms with Gasteiger partial charge in [0.2, 0.25) is 10.0 Å². The molecule has 0 aromatic heterocycles. The van der Waals surface area contributed by atoms with Gasteiger partial charge in [-0.05, 0) is 25.2 Å². The lowest BCUT2D eigenvalue weighted by Crippen LogP contribution is -2.46. The monoisotopic (exact) mass is 277 g/mol. The van der Waals surface area contributed by atoms with Crippen LogP contribution in [0.5, 0.6) is 0 Å². The molecule has 5 nitrogen and oxygen atoms in total. The first-order chi connectivity index (χ1) is 8.33. The van der Waals surface area contributed by atoms with Gasteiger partial charge in [0.05, 0.1) is 5.25 Å². The number of sulfonamides is 1. The number of carbonyl (C=O) groups is 1. The average molecular weight is 277 g/mol. The summed E-state index contributed by atoms with van der Waals surface area (Å²) in [5.74, 6) is -0.955. The van der Waals surface area contributed by atoms with Crippen molar-refractivity contribution in [3.63, 3.8) is 0 Å². The Bertz CT molecular complexity index is 372. The van der Waals surface area contributed by atoms with Crippen LogP contribution in [0.15, 0.2) is 0 Å². The molecule has 6 heteroatoms. The zero-order valence-electron chi connectivity index (χ0n) is 11.1. The van der Waals surface area contributed by atoms with Crippen molar-refractivity contribution in [2.75, 3.05) is 0 Å². The Balaban J connectivity index is 2.68. The Kier molecular flexibility index (Phi) is 5.59. The Morgan fingerprint density at radius 1 is 1.28 bits per heavy atom. The molecule has 0 bridgehead atoms. The predicted molar refractivity (Wildman–Crippen MR) is 69.8 cm³/mol. The molecule has 0 aromatic carbocycles. The van der Waals surface area contributed by atoms with Crippen molar-refractivity contribution >= 4 is 16.0 Å². The maximum absolute atomic E-state index is 12.1. The largest absolute Gasteiger partial charge is 0.480 e. The van der Waals surface area contributed by atoms with Gasteiger partial charge >= 0.3 is 5.97 Å². The van der Waals surface area contributed by atoms with Gasteiger partial charge in [-0.15, -0.1) is 0 Å². The van der Waals surface area contributed by atoms with E-state index < -0.39 is 27.3 Å². The molecule has 1 rings (SSSR count). The quantitative estimate of drug-likeness (QED) is 0.774.